The lowest BCUT2D eigenvalue weighted by molar-refractivity contribution is -0.142. The van der Waals surface area contributed by atoms with Gasteiger partial charge in [0.1, 0.15) is 18.1 Å². The number of carbonyl (C=O) groups is 4. The third-order valence-corrected chi connectivity index (χ3v) is 4.17. The molecular weight excluding hydrogens is 360 g/mol. The number of carboxylic acid groups (broad SMARTS) is 1. The maximum Gasteiger partial charge on any atom is 0.326 e. The number of thioether (sulfide) groups is 1. The summed E-state index contributed by atoms with van der Waals surface area (Å²) in [5, 5.41) is 16.6. The summed E-state index contributed by atoms with van der Waals surface area (Å²) in [6.07, 6.45) is 2.51. The highest BCUT2D eigenvalue weighted by Crippen LogP contribution is 2.06. The third kappa shape index (κ3) is 9.62. The van der Waals surface area contributed by atoms with Crippen LogP contribution in [-0.4, -0.2) is 65.5 Å². The number of amides is 3. The van der Waals surface area contributed by atoms with Crippen LogP contribution in [0.2, 0.25) is 0 Å². The molecule has 0 bridgehead atoms. The van der Waals surface area contributed by atoms with Gasteiger partial charge < -0.3 is 26.8 Å². The number of rotatable bonds is 12. The minimum Gasteiger partial charge on any atom is -0.480 e. The lowest BCUT2D eigenvalue weighted by atomic mass is 10.0. The molecule has 150 valence electrons. The van der Waals surface area contributed by atoms with Crippen LogP contribution >= 0.6 is 11.8 Å². The van der Waals surface area contributed by atoms with E-state index in [1.807, 2.05) is 20.1 Å². The molecule has 0 saturated heterocycles. The number of hydrogen-bond acceptors (Lipinski definition) is 6. The second kappa shape index (κ2) is 12.5. The van der Waals surface area contributed by atoms with Crippen molar-refractivity contribution in [2.45, 2.75) is 51.7 Å². The van der Waals surface area contributed by atoms with E-state index in [9.17, 15) is 19.2 Å². The number of carboxylic acids is 1. The summed E-state index contributed by atoms with van der Waals surface area (Å²) >= 11 is 1.48. The predicted octanol–water partition coefficient (Wildman–Crippen LogP) is -0.697. The Balaban J connectivity index is 4.82. The van der Waals surface area contributed by atoms with Crippen LogP contribution in [0.1, 0.15) is 33.6 Å². The van der Waals surface area contributed by atoms with E-state index < -0.39 is 41.8 Å². The molecule has 0 fully saturated rings. The van der Waals surface area contributed by atoms with Crippen molar-refractivity contribution in [2.24, 2.45) is 11.7 Å². The van der Waals surface area contributed by atoms with Crippen molar-refractivity contribution in [3.05, 3.63) is 0 Å². The van der Waals surface area contributed by atoms with Crippen molar-refractivity contribution < 1.29 is 24.3 Å². The fourth-order valence-corrected chi connectivity index (χ4v) is 2.60. The molecule has 10 heteroatoms. The van der Waals surface area contributed by atoms with Crippen molar-refractivity contribution in [1.29, 1.82) is 0 Å². The quantitative estimate of drug-likeness (QED) is 0.296. The Morgan fingerprint density at radius 3 is 2.08 bits per heavy atom. The first-order valence-electron chi connectivity index (χ1n) is 8.44. The van der Waals surface area contributed by atoms with Crippen molar-refractivity contribution in [2.75, 3.05) is 18.6 Å². The Bertz CT molecular complexity index is 501. The lowest BCUT2D eigenvalue weighted by Gasteiger charge is -2.23. The van der Waals surface area contributed by atoms with Gasteiger partial charge in [-0.3, -0.25) is 14.4 Å². The zero-order valence-corrected chi connectivity index (χ0v) is 16.5. The average Bonchev–Trinajstić information content (AvgIpc) is 2.56. The molecule has 0 heterocycles. The summed E-state index contributed by atoms with van der Waals surface area (Å²) in [4.78, 5) is 47.2. The van der Waals surface area contributed by atoms with Crippen LogP contribution in [0, 0.1) is 5.92 Å². The SMILES string of the molecule is CSCCC(NC(=O)C(C)NC(=O)C(CC(C)C)NC(=O)CN)C(=O)O. The van der Waals surface area contributed by atoms with E-state index in [2.05, 4.69) is 16.0 Å². The molecule has 0 aliphatic heterocycles. The van der Waals surface area contributed by atoms with E-state index in [1.54, 1.807) is 0 Å². The topological polar surface area (TPSA) is 151 Å². The molecule has 0 spiro atoms. The van der Waals surface area contributed by atoms with Crippen molar-refractivity contribution in [3.8, 4) is 0 Å². The molecule has 3 amide bonds. The van der Waals surface area contributed by atoms with Gasteiger partial charge in [-0.25, -0.2) is 4.79 Å². The van der Waals surface area contributed by atoms with Crippen LogP contribution in [0.25, 0.3) is 0 Å². The maximum absolute atomic E-state index is 12.4. The van der Waals surface area contributed by atoms with Gasteiger partial charge in [-0.15, -0.1) is 0 Å². The average molecular weight is 391 g/mol. The molecule has 6 N–H and O–H groups in total. The Labute approximate surface area is 158 Å². The molecule has 26 heavy (non-hydrogen) atoms. The van der Waals surface area contributed by atoms with E-state index >= 15 is 0 Å². The fraction of sp³-hybridized carbons (Fsp3) is 0.750. The van der Waals surface area contributed by atoms with Crippen LogP contribution in [0.4, 0.5) is 0 Å². The van der Waals surface area contributed by atoms with Gasteiger partial charge in [0.05, 0.1) is 6.54 Å². The molecule has 0 aromatic heterocycles. The van der Waals surface area contributed by atoms with Crippen LogP contribution < -0.4 is 21.7 Å². The molecule has 0 rings (SSSR count). The molecule has 9 nitrogen and oxygen atoms in total. The molecule has 0 aromatic carbocycles. The highest BCUT2D eigenvalue weighted by atomic mass is 32.2. The molecule has 0 aliphatic carbocycles. The van der Waals surface area contributed by atoms with Crippen molar-refractivity contribution in [1.82, 2.24) is 16.0 Å². The van der Waals surface area contributed by atoms with E-state index in [4.69, 9.17) is 10.8 Å². The van der Waals surface area contributed by atoms with E-state index in [1.165, 1.54) is 18.7 Å². The molecular formula is C16H30N4O5S. The lowest BCUT2D eigenvalue weighted by Crippen LogP contribution is -2.55. The normalized spacial score (nSPS) is 14.2. The van der Waals surface area contributed by atoms with Gasteiger partial charge in [0.2, 0.25) is 17.7 Å². The molecule has 0 saturated carbocycles. The van der Waals surface area contributed by atoms with Gasteiger partial charge in [-0.05, 0) is 37.7 Å². The second-order valence-corrected chi connectivity index (χ2v) is 7.35. The Morgan fingerprint density at radius 2 is 1.62 bits per heavy atom. The minimum atomic E-state index is -1.13. The maximum atomic E-state index is 12.4. The number of carbonyl (C=O) groups excluding carboxylic acids is 3. The van der Waals surface area contributed by atoms with Gasteiger partial charge in [-0.2, -0.15) is 11.8 Å². The predicted molar refractivity (Wildman–Crippen MR) is 101 cm³/mol. The Morgan fingerprint density at radius 1 is 1.00 bits per heavy atom. The second-order valence-electron chi connectivity index (χ2n) is 6.36. The van der Waals surface area contributed by atoms with Crippen molar-refractivity contribution in [3.63, 3.8) is 0 Å². The van der Waals surface area contributed by atoms with Gasteiger partial charge >= 0.3 is 5.97 Å². The Hall–Kier alpha value is -1.81. The highest BCUT2D eigenvalue weighted by Gasteiger charge is 2.27. The standard InChI is InChI=1S/C16H30N4O5S/c1-9(2)7-12(19-13(21)8-17)15(23)18-10(3)14(22)20-11(16(24)25)5-6-26-4/h9-12H,5-8,17H2,1-4H3,(H,18,23)(H,19,21)(H,20,22)(H,24,25). The zero-order chi connectivity index (χ0) is 20.3. The molecule has 3 atom stereocenters. The molecule has 0 radical (unpaired) electrons. The number of hydrogen-bond donors (Lipinski definition) is 5. The van der Waals surface area contributed by atoms with E-state index in [-0.39, 0.29) is 18.9 Å². The number of nitrogens with one attached hydrogen (secondary N) is 3. The molecule has 3 unspecified atom stereocenters. The highest BCUT2D eigenvalue weighted by molar-refractivity contribution is 7.98. The largest absolute Gasteiger partial charge is 0.480 e. The zero-order valence-electron chi connectivity index (χ0n) is 15.7. The summed E-state index contributed by atoms with van der Waals surface area (Å²) in [5.41, 5.74) is 5.26. The van der Waals surface area contributed by atoms with Gasteiger partial charge in [0.25, 0.3) is 0 Å². The first-order chi connectivity index (χ1) is 12.1. The van der Waals surface area contributed by atoms with Gasteiger partial charge in [0, 0.05) is 0 Å². The summed E-state index contributed by atoms with van der Waals surface area (Å²) in [5.74, 6) is -1.99. The first-order valence-corrected chi connectivity index (χ1v) is 9.83. The van der Waals surface area contributed by atoms with Gasteiger partial charge in [0.15, 0.2) is 0 Å². The van der Waals surface area contributed by atoms with E-state index in [0.29, 0.717) is 12.2 Å². The molecule has 0 aromatic rings. The summed E-state index contributed by atoms with van der Waals surface area (Å²) in [6.45, 7) is 5.01. The molecule has 0 aliphatic rings. The smallest absolute Gasteiger partial charge is 0.326 e. The van der Waals surface area contributed by atoms with E-state index in [0.717, 1.165) is 0 Å². The summed E-state index contributed by atoms with van der Waals surface area (Å²) < 4.78 is 0. The third-order valence-electron chi connectivity index (χ3n) is 3.52. The van der Waals surface area contributed by atoms with Crippen LogP contribution in [0.3, 0.4) is 0 Å². The summed E-state index contributed by atoms with van der Waals surface area (Å²) in [7, 11) is 0. The van der Waals surface area contributed by atoms with Crippen molar-refractivity contribution >= 4 is 35.5 Å². The fourth-order valence-electron chi connectivity index (χ4n) is 2.13. The minimum absolute atomic E-state index is 0.135. The number of aliphatic carboxylic acids is 1. The van der Waals surface area contributed by atoms with Crippen LogP contribution in [-0.2, 0) is 19.2 Å². The monoisotopic (exact) mass is 390 g/mol. The van der Waals surface area contributed by atoms with Gasteiger partial charge in [-0.1, -0.05) is 13.8 Å². The first kappa shape index (κ1) is 24.2. The summed E-state index contributed by atoms with van der Waals surface area (Å²) in [6, 6.07) is -2.77. The number of nitrogens with two attached hydrogens (primary N) is 1. The van der Waals surface area contributed by atoms with Crippen LogP contribution in [0.15, 0.2) is 0 Å². The van der Waals surface area contributed by atoms with Crippen LogP contribution in [0.5, 0.6) is 0 Å². The Kier molecular flexibility index (Phi) is 11.7.